The molecule has 106 valence electrons. The van der Waals surface area contributed by atoms with E-state index in [2.05, 4.69) is 15.7 Å². The van der Waals surface area contributed by atoms with Crippen LogP contribution in [0.1, 0.15) is 26.7 Å². The molecule has 0 saturated heterocycles. The molecule has 3 N–H and O–H groups in total. The smallest absolute Gasteiger partial charge is 0.326 e. The molecule has 0 aliphatic heterocycles. The highest BCUT2D eigenvalue weighted by molar-refractivity contribution is 5.82. The van der Waals surface area contributed by atoms with Crippen molar-refractivity contribution in [3.05, 3.63) is 18.5 Å². The van der Waals surface area contributed by atoms with E-state index in [0.29, 0.717) is 19.4 Å². The highest BCUT2D eigenvalue weighted by atomic mass is 16.4. The highest BCUT2D eigenvalue weighted by Gasteiger charge is 2.19. The quantitative estimate of drug-likeness (QED) is 0.682. The van der Waals surface area contributed by atoms with Gasteiger partial charge in [-0.3, -0.25) is 4.68 Å². The van der Waals surface area contributed by atoms with Crippen molar-refractivity contribution in [2.45, 2.75) is 45.3 Å². The van der Waals surface area contributed by atoms with Gasteiger partial charge in [-0.2, -0.15) is 5.10 Å². The lowest BCUT2D eigenvalue weighted by Crippen LogP contribution is -2.49. The topological polar surface area (TPSA) is 96.3 Å². The average Bonchev–Trinajstić information content (AvgIpc) is 2.80. The number of hydrogen-bond acceptors (Lipinski definition) is 3. The molecular weight excluding hydrogens is 248 g/mol. The third kappa shape index (κ3) is 5.41. The molecule has 1 aromatic heterocycles. The van der Waals surface area contributed by atoms with Gasteiger partial charge in [0.05, 0.1) is 6.54 Å². The van der Waals surface area contributed by atoms with Crippen LogP contribution in [0.25, 0.3) is 0 Å². The van der Waals surface area contributed by atoms with Crippen LogP contribution in [-0.4, -0.2) is 39.0 Å². The summed E-state index contributed by atoms with van der Waals surface area (Å²) in [5.41, 5.74) is 0. The Balaban J connectivity index is 2.38. The minimum atomic E-state index is -1.02. The predicted octanol–water partition coefficient (Wildman–Crippen LogP) is 0.824. The first kappa shape index (κ1) is 15.0. The van der Waals surface area contributed by atoms with Gasteiger partial charge in [0.1, 0.15) is 6.04 Å². The molecule has 0 bridgehead atoms. The van der Waals surface area contributed by atoms with Crippen molar-refractivity contribution in [3.63, 3.8) is 0 Å². The second kappa shape index (κ2) is 7.40. The molecule has 0 aromatic carbocycles. The van der Waals surface area contributed by atoms with E-state index in [0.717, 1.165) is 0 Å². The number of carboxylic acid groups (broad SMARTS) is 1. The first-order valence-corrected chi connectivity index (χ1v) is 6.30. The number of carbonyl (C=O) groups is 2. The molecule has 0 aliphatic rings. The monoisotopic (exact) mass is 268 g/mol. The van der Waals surface area contributed by atoms with Crippen molar-refractivity contribution >= 4 is 12.0 Å². The molecule has 19 heavy (non-hydrogen) atoms. The summed E-state index contributed by atoms with van der Waals surface area (Å²) in [5.74, 6) is -1.02. The predicted molar refractivity (Wildman–Crippen MR) is 69.7 cm³/mol. The maximum Gasteiger partial charge on any atom is 0.326 e. The van der Waals surface area contributed by atoms with Crippen molar-refractivity contribution in [1.82, 2.24) is 20.4 Å². The molecule has 7 nitrogen and oxygen atoms in total. The first-order valence-electron chi connectivity index (χ1n) is 6.30. The SMILES string of the molecule is CCC[C@H](NC(=O)NC(C)Cn1cccn1)C(=O)O. The Morgan fingerprint density at radius 3 is 2.68 bits per heavy atom. The molecule has 0 aliphatic carbocycles. The fourth-order valence-electron chi connectivity index (χ4n) is 1.70. The van der Waals surface area contributed by atoms with Crippen molar-refractivity contribution in [2.75, 3.05) is 0 Å². The summed E-state index contributed by atoms with van der Waals surface area (Å²) in [5, 5.41) is 18.1. The Morgan fingerprint density at radius 2 is 2.16 bits per heavy atom. The van der Waals surface area contributed by atoms with Gasteiger partial charge in [0, 0.05) is 18.4 Å². The number of aromatic nitrogens is 2. The van der Waals surface area contributed by atoms with E-state index in [1.54, 1.807) is 23.1 Å². The number of nitrogens with one attached hydrogen (secondary N) is 2. The zero-order valence-corrected chi connectivity index (χ0v) is 11.2. The minimum Gasteiger partial charge on any atom is -0.480 e. The van der Waals surface area contributed by atoms with E-state index in [1.807, 2.05) is 13.8 Å². The third-order valence-electron chi connectivity index (χ3n) is 2.58. The van der Waals surface area contributed by atoms with Crippen LogP contribution in [0.2, 0.25) is 0 Å². The first-order chi connectivity index (χ1) is 9.02. The number of urea groups is 1. The van der Waals surface area contributed by atoms with Gasteiger partial charge in [0.15, 0.2) is 0 Å². The maximum absolute atomic E-state index is 11.7. The molecule has 7 heteroatoms. The fourth-order valence-corrected chi connectivity index (χ4v) is 1.70. The summed E-state index contributed by atoms with van der Waals surface area (Å²) in [6.45, 7) is 4.23. The lowest BCUT2D eigenvalue weighted by molar-refractivity contribution is -0.139. The summed E-state index contributed by atoms with van der Waals surface area (Å²) in [4.78, 5) is 22.6. The lowest BCUT2D eigenvalue weighted by Gasteiger charge is -2.18. The Kier molecular flexibility index (Phi) is 5.84. The second-order valence-electron chi connectivity index (χ2n) is 4.43. The normalized spacial score (nSPS) is 13.6. The van der Waals surface area contributed by atoms with Crippen molar-refractivity contribution in [2.24, 2.45) is 0 Å². The Bertz CT molecular complexity index is 405. The van der Waals surface area contributed by atoms with Gasteiger partial charge in [0.2, 0.25) is 0 Å². The van der Waals surface area contributed by atoms with Crippen LogP contribution >= 0.6 is 0 Å². The zero-order chi connectivity index (χ0) is 14.3. The summed E-state index contributed by atoms with van der Waals surface area (Å²) in [6.07, 6.45) is 4.57. The van der Waals surface area contributed by atoms with E-state index in [4.69, 9.17) is 5.11 Å². The van der Waals surface area contributed by atoms with Gasteiger partial charge in [-0.15, -0.1) is 0 Å². The van der Waals surface area contributed by atoms with Gasteiger partial charge in [0.25, 0.3) is 0 Å². The van der Waals surface area contributed by atoms with Crippen LogP contribution in [0.5, 0.6) is 0 Å². The molecule has 1 aromatic rings. The molecular formula is C12H20N4O3. The van der Waals surface area contributed by atoms with Gasteiger partial charge < -0.3 is 15.7 Å². The number of hydrogen-bond donors (Lipinski definition) is 3. The van der Waals surface area contributed by atoms with Crippen molar-refractivity contribution in [3.8, 4) is 0 Å². The van der Waals surface area contributed by atoms with Crippen LogP contribution in [0, 0.1) is 0 Å². The Morgan fingerprint density at radius 1 is 1.42 bits per heavy atom. The van der Waals surface area contributed by atoms with E-state index >= 15 is 0 Å². The summed E-state index contributed by atoms with van der Waals surface area (Å²) < 4.78 is 1.70. The average molecular weight is 268 g/mol. The van der Waals surface area contributed by atoms with Crippen LogP contribution in [0.4, 0.5) is 4.79 Å². The molecule has 1 rings (SSSR count). The molecule has 1 unspecified atom stereocenters. The molecule has 2 atom stereocenters. The van der Waals surface area contributed by atoms with Crippen LogP contribution in [-0.2, 0) is 11.3 Å². The van der Waals surface area contributed by atoms with E-state index < -0.39 is 18.0 Å². The van der Waals surface area contributed by atoms with Gasteiger partial charge in [-0.25, -0.2) is 9.59 Å². The van der Waals surface area contributed by atoms with Gasteiger partial charge in [-0.1, -0.05) is 13.3 Å². The minimum absolute atomic E-state index is 0.143. The molecule has 1 heterocycles. The second-order valence-corrected chi connectivity index (χ2v) is 4.43. The van der Waals surface area contributed by atoms with Gasteiger partial charge >= 0.3 is 12.0 Å². The number of rotatable bonds is 7. The van der Waals surface area contributed by atoms with E-state index in [1.165, 1.54) is 0 Å². The third-order valence-corrected chi connectivity index (χ3v) is 2.58. The van der Waals surface area contributed by atoms with E-state index in [9.17, 15) is 9.59 Å². The Labute approximate surface area is 112 Å². The number of carboxylic acids is 1. The highest BCUT2D eigenvalue weighted by Crippen LogP contribution is 1.97. The number of carbonyl (C=O) groups excluding carboxylic acids is 1. The Hall–Kier alpha value is -2.05. The van der Waals surface area contributed by atoms with Crippen LogP contribution in [0.3, 0.4) is 0 Å². The summed E-state index contributed by atoms with van der Waals surface area (Å²) >= 11 is 0. The van der Waals surface area contributed by atoms with Crippen molar-refractivity contribution < 1.29 is 14.7 Å². The zero-order valence-electron chi connectivity index (χ0n) is 11.2. The largest absolute Gasteiger partial charge is 0.480 e. The van der Waals surface area contributed by atoms with Crippen LogP contribution < -0.4 is 10.6 Å². The van der Waals surface area contributed by atoms with Crippen LogP contribution in [0.15, 0.2) is 18.5 Å². The van der Waals surface area contributed by atoms with Gasteiger partial charge in [-0.05, 0) is 19.4 Å². The number of aliphatic carboxylic acids is 1. The number of nitrogens with zero attached hydrogens (tertiary/aromatic N) is 2. The van der Waals surface area contributed by atoms with E-state index in [-0.39, 0.29) is 6.04 Å². The maximum atomic E-state index is 11.7. The standard InChI is InChI=1S/C12H20N4O3/c1-3-5-10(11(17)18)15-12(19)14-9(2)8-16-7-4-6-13-16/h4,6-7,9-10H,3,5,8H2,1-2H3,(H,17,18)(H2,14,15,19)/t9?,10-/m0/s1. The number of amides is 2. The molecule has 0 fully saturated rings. The molecule has 0 spiro atoms. The van der Waals surface area contributed by atoms with Crippen molar-refractivity contribution in [1.29, 1.82) is 0 Å². The lowest BCUT2D eigenvalue weighted by atomic mass is 10.2. The summed E-state index contributed by atoms with van der Waals surface area (Å²) in [6, 6.07) is 0.340. The fraction of sp³-hybridized carbons (Fsp3) is 0.583. The molecule has 2 amide bonds. The molecule has 0 saturated carbocycles. The molecule has 0 radical (unpaired) electrons. The summed E-state index contributed by atoms with van der Waals surface area (Å²) in [7, 11) is 0.